The summed E-state index contributed by atoms with van der Waals surface area (Å²) in [6.45, 7) is 4.06. The van der Waals surface area contributed by atoms with Crippen LogP contribution in [0.3, 0.4) is 0 Å². The lowest BCUT2D eigenvalue weighted by Gasteiger charge is -2.03. The molecular formula is C10H16O4. The Morgan fingerprint density at radius 2 is 1.93 bits per heavy atom. The summed E-state index contributed by atoms with van der Waals surface area (Å²) in [6.07, 6.45) is 2.19. The second-order valence-corrected chi connectivity index (χ2v) is 2.65. The van der Waals surface area contributed by atoms with Crippen LogP contribution in [0.1, 0.15) is 26.7 Å². The molecule has 0 spiro atoms. The zero-order valence-corrected chi connectivity index (χ0v) is 8.83. The molecule has 0 amide bonds. The van der Waals surface area contributed by atoms with E-state index in [0.29, 0.717) is 19.4 Å². The fraction of sp³-hybridized carbons (Fsp3) is 0.600. The number of hydrogen-bond acceptors (Lipinski definition) is 4. The quantitative estimate of drug-likeness (QED) is 0.214. The van der Waals surface area contributed by atoms with E-state index in [1.165, 1.54) is 13.4 Å². The SMILES string of the molecule is CCCC(=O)/C(=C\OCC)C(=O)OC. The zero-order chi connectivity index (χ0) is 11.0. The highest BCUT2D eigenvalue weighted by Crippen LogP contribution is 2.05. The molecule has 4 nitrogen and oxygen atoms in total. The summed E-state index contributed by atoms with van der Waals surface area (Å²) < 4.78 is 9.37. The highest BCUT2D eigenvalue weighted by molar-refractivity contribution is 6.16. The molecule has 0 bridgehead atoms. The van der Waals surface area contributed by atoms with E-state index in [-0.39, 0.29) is 11.4 Å². The Morgan fingerprint density at radius 1 is 1.29 bits per heavy atom. The molecule has 0 rings (SSSR count). The van der Waals surface area contributed by atoms with Crippen LogP contribution in [0.4, 0.5) is 0 Å². The summed E-state index contributed by atoms with van der Waals surface area (Å²) in [7, 11) is 1.24. The predicted molar refractivity (Wildman–Crippen MR) is 51.6 cm³/mol. The van der Waals surface area contributed by atoms with Gasteiger partial charge in [-0.2, -0.15) is 0 Å². The average Bonchev–Trinajstić information content (AvgIpc) is 2.18. The van der Waals surface area contributed by atoms with Crippen LogP contribution in [0, 0.1) is 0 Å². The van der Waals surface area contributed by atoms with E-state index in [1.54, 1.807) is 6.92 Å². The Hall–Kier alpha value is -1.32. The van der Waals surface area contributed by atoms with Crippen molar-refractivity contribution in [2.75, 3.05) is 13.7 Å². The molecule has 0 fully saturated rings. The van der Waals surface area contributed by atoms with Crippen LogP contribution in [-0.2, 0) is 19.1 Å². The number of ether oxygens (including phenoxy) is 2. The largest absolute Gasteiger partial charge is 0.500 e. The Bertz CT molecular complexity index is 230. The van der Waals surface area contributed by atoms with Crippen LogP contribution in [0.25, 0.3) is 0 Å². The van der Waals surface area contributed by atoms with Gasteiger partial charge in [0.25, 0.3) is 0 Å². The standard InChI is InChI=1S/C10H16O4/c1-4-6-9(11)8(7-14-5-2)10(12)13-3/h7H,4-6H2,1-3H3/b8-7+. The van der Waals surface area contributed by atoms with Crippen LogP contribution in [-0.4, -0.2) is 25.5 Å². The second kappa shape index (κ2) is 7.12. The van der Waals surface area contributed by atoms with Crippen molar-refractivity contribution in [2.45, 2.75) is 26.7 Å². The maximum atomic E-state index is 11.4. The van der Waals surface area contributed by atoms with Crippen LogP contribution in [0.5, 0.6) is 0 Å². The van der Waals surface area contributed by atoms with E-state index in [4.69, 9.17) is 4.74 Å². The van der Waals surface area contributed by atoms with Gasteiger partial charge in [-0.15, -0.1) is 0 Å². The average molecular weight is 200 g/mol. The summed E-state index contributed by atoms with van der Waals surface area (Å²) in [5.74, 6) is -0.885. The molecule has 0 heterocycles. The van der Waals surface area contributed by atoms with Crippen molar-refractivity contribution in [3.63, 3.8) is 0 Å². The molecule has 0 aromatic heterocycles. The molecule has 0 N–H and O–H groups in total. The third kappa shape index (κ3) is 4.07. The lowest BCUT2D eigenvalue weighted by atomic mass is 10.1. The number of esters is 1. The normalized spacial score (nSPS) is 10.9. The molecule has 0 aromatic carbocycles. The fourth-order valence-corrected chi connectivity index (χ4v) is 0.866. The minimum absolute atomic E-state index is 0.0174. The van der Waals surface area contributed by atoms with Crippen LogP contribution >= 0.6 is 0 Å². The smallest absolute Gasteiger partial charge is 0.344 e. The summed E-state index contributed by atoms with van der Waals surface area (Å²) in [5.41, 5.74) is -0.0174. The first kappa shape index (κ1) is 12.7. The van der Waals surface area contributed by atoms with E-state index < -0.39 is 5.97 Å². The van der Waals surface area contributed by atoms with Crippen LogP contribution in [0.2, 0.25) is 0 Å². The molecule has 4 heteroatoms. The second-order valence-electron chi connectivity index (χ2n) is 2.65. The molecule has 14 heavy (non-hydrogen) atoms. The van der Waals surface area contributed by atoms with Gasteiger partial charge in [-0.3, -0.25) is 4.79 Å². The molecule has 0 aliphatic heterocycles. The Kier molecular flexibility index (Phi) is 6.45. The zero-order valence-electron chi connectivity index (χ0n) is 8.83. The Labute approximate surface area is 83.9 Å². The van der Waals surface area contributed by atoms with Gasteiger partial charge in [-0.1, -0.05) is 6.92 Å². The van der Waals surface area contributed by atoms with Gasteiger partial charge in [0.15, 0.2) is 5.78 Å². The number of methoxy groups -OCH3 is 1. The van der Waals surface area contributed by atoms with Gasteiger partial charge >= 0.3 is 5.97 Å². The number of hydrogen-bond donors (Lipinski definition) is 0. The summed E-state index contributed by atoms with van der Waals surface area (Å²) >= 11 is 0. The van der Waals surface area contributed by atoms with Crippen molar-refractivity contribution >= 4 is 11.8 Å². The van der Waals surface area contributed by atoms with Crippen LogP contribution < -0.4 is 0 Å². The fourth-order valence-electron chi connectivity index (χ4n) is 0.866. The van der Waals surface area contributed by atoms with Gasteiger partial charge in [0.2, 0.25) is 0 Å². The summed E-state index contributed by atoms with van der Waals surface area (Å²) in [6, 6.07) is 0. The third-order valence-corrected chi connectivity index (χ3v) is 1.55. The molecule has 0 radical (unpaired) electrons. The lowest BCUT2D eigenvalue weighted by Crippen LogP contribution is -2.14. The molecule has 0 aromatic rings. The lowest BCUT2D eigenvalue weighted by molar-refractivity contribution is -0.138. The Balaban J connectivity index is 4.54. The molecule has 0 atom stereocenters. The molecule has 80 valence electrons. The van der Waals surface area contributed by atoms with Gasteiger partial charge in [0, 0.05) is 6.42 Å². The van der Waals surface area contributed by atoms with Crippen molar-refractivity contribution < 1.29 is 19.1 Å². The number of Topliss-reactive ketones (excluding diaryl/α,β-unsaturated/α-hetero) is 1. The first-order valence-electron chi connectivity index (χ1n) is 4.60. The van der Waals surface area contributed by atoms with Crippen molar-refractivity contribution in [3.8, 4) is 0 Å². The maximum Gasteiger partial charge on any atom is 0.344 e. The van der Waals surface area contributed by atoms with E-state index in [2.05, 4.69) is 4.74 Å². The van der Waals surface area contributed by atoms with Gasteiger partial charge in [0.1, 0.15) is 11.8 Å². The molecule has 0 saturated heterocycles. The number of ketones is 1. The van der Waals surface area contributed by atoms with Gasteiger partial charge in [-0.25, -0.2) is 4.79 Å². The van der Waals surface area contributed by atoms with E-state index in [9.17, 15) is 9.59 Å². The highest BCUT2D eigenvalue weighted by atomic mass is 16.5. The van der Waals surface area contributed by atoms with E-state index in [0.717, 1.165) is 0 Å². The van der Waals surface area contributed by atoms with Crippen molar-refractivity contribution in [3.05, 3.63) is 11.8 Å². The molecule has 0 aliphatic rings. The maximum absolute atomic E-state index is 11.4. The minimum atomic E-state index is -0.642. The first-order valence-corrected chi connectivity index (χ1v) is 4.60. The van der Waals surface area contributed by atoms with Crippen LogP contribution in [0.15, 0.2) is 11.8 Å². The van der Waals surface area contributed by atoms with Gasteiger partial charge < -0.3 is 9.47 Å². The molecule has 0 saturated carbocycles. The van der Waals surface area contributed by atoms with Crippen molar-refractivity contribution in [2.24, 2.45) is 0 Å². The van der Waals surface area contributed by atoms with E-state index in [1.807, 2.05) is 6.92 Å². The number of rotatable bonds is 6. The van der Waals surface area contributed by atoms with Crippen molar-refractivity contribution in [1.82, 2.24) is 0 Å². The Morgan fingerprint density at radius 3 is 2.36 bits per heavy atom. The van der Waals surface area contributed by atoms with Crippen molar-refractivity contribution in [1.29, 1.82) is 0 Å². The monoisotopic (exact) mass is 200 g/mol. The van der Waals surface area contributed by atoms with E-state index >= 15 is 0 Å². The molecule has 0 unspecified atom stereocenters. The molecular weight excluding hydrogens is 184 g/mol. The third-order valence-electron chi connectivity index (χ3n) is 1.55. The molecule has 0 aliphatic carbocycles. The number of carbonyl (C=O) groups is 2. The van der Waals surface area contributed by atoms with Gasteiger partial charge in [-0.05, 0) is 13.3 Å². The minimum Gasteiger partial charge on any atom is -0.500 e. The first-order chi connectivity index (χ1) is 6.67. The summed E-state index contributed by atoms with van der Waals surface area (Å²) in [5, 5.41) is 0. The highest BCUT2D eigenvalue weighted by Gasteiger charge is 2.18. The van der Waals surface area contributed by atoms with Gasteiger partial charge in [0.05, 0.1) is 13.7 Å². The topological polar surface area (TPSA) is 52.6 Å². The predicted octanol–water partition coefficient (Wildman–Crippen LogP) is 1.45. The summed E-state index contributed by atoms with van der Waals surface area (Å²) in [4.78, 5) is 22.5. The number of carbonyl (C=O) groups excluding carboxylic acids is 2.